The van der Waals surface area contributed by atoms with Crippen molar-refractivity contribution in [2.24, 2.45) is 16.0 Å². The van der Waals surface area contributed by atoms with Gasteiger partial charge in [0.15, 0.2) is 5.82 Å². The van der Waals surface area contributed by atoms with Crippen LogP contribution in [0, 0.1) is 22.9 Å². The van der Waals surface area contributed by atoms with Gasteiger partial charge in [0.2, 0.25) is 5.95 Å². The van der Waals surface area contributed by atoms with E-state index in [1.165, 1.54) is 23.4 Å². The summed E-state index contributed by atoms with van der Waals surface area (Å²) in [6.45, 7) is 1.31. The van der Waals surface area contributed by atoms with Crippen molar-refractivity contribution in [3.63, 3.8) is 0 Å². The first kappa shape index (κ1) is 22.2. The van der Waals surface area contributed by atoms with Crippen LogP contribution in [-0.2, 0) is 0 Å². The lowest BCUT2D eigenvalue weighted by atomic mass is 10.0. The number of anilines is 1. The monoisotopic (exact) mass is 459 g/mol. The van der Waals surface area contributed by atoms with E-state index in [0.717, 1.165) is 18.5 Å². The van der Waals surface area contributed by atoms with Crippen LogP contribution in [0.4, 0.5) is 23.9 Å². The number of nitrogens with one attached hydrogen (secondary N) is 1. The van der Waals surface area contributed by atoms with E-state index in [1.54, 1.807) is 9.80 Å². The number of hydrogen-bond acceptors (Lipinski definition) is 8. The van der Waals surface area contributed by atoms with Crippen LogP contribution >= 0.6 is 0 Å². The Morgan fingerprint density at radius 3 is 2.48 bits per heavy atom. The second kappa shape index (κ2) is 9.22. The zero-order chi connectivity index (χ0) is 23.5. The summed E-state index contributed by atoms with van der Waals surface area (Å²) in [6, 6.07) is 2.17. The van der Waals surface area contributed by atoms with E-state index < -0.39 is 23.5 Å². The number of aromatic nitrogens is 2. The second-order valence-electron chi connectivity index (χ2n) is 7.38. The van der Waals surface area contributed by atoms with Crippen molar-refractivity contribution in [1.29, 1.82) is 5.41 Å². The van der Waals surface area contributed by atoms with Crippen molar-refractivity contribution in [2.45, 2.75) is 12.5 Å². The highest BCUT2D eigenvalue weighted by molar-refractivity contribution is 6.36. The van der Waals surface area contributed by atoms with Gasteiger partial charge in [-0.2, -0.15) is 10.2 Å². The Balaban J connectivity index is 1.45. The largest absolute Gasteiger partial charge is 0.341 e. The van der Waals surface area contributed by atoms with E-state index in [1.807, 2.05) is 0 Å². The lowest BCUT2D eigenvalue weighted by molar-refractivity contribution is 0.139. The highest BCUT2D eigenvalue weighted by atomic mass is 19.1. The molecule has 1 atom stereocenters. The lowest BCUT2D eigenvalue weighted by Crippen LogP contribution is -2.52. The van der Waals surface area contributed by atoms with Crippen LogP contribution in [0.2, 0.25) is 0 Å². The van der Waals surface area contributed by atoms with Gasteiger partial charge in [-0.1, -0.05) is 0 Å². The Bertz CT molecular complexity index is 1110. The molecule has 2 amide bonds. The highest BCUT2D eigenvalue weighted by Crippen LogP contribution is 2.30. The van der Waals surface area contributed by atoms with Gasteiger partial charge in [-0.3, -0.25) is 0 Å². The summed E-state index contributed by atoms with van der Waals surface area (Å²) in [5.41, 5.74) is 0.0112. The predicted molar refractivity (Wildman–Crippen MR) is 115 cm³/mol. The van der Waals surface area contributed by atoms with Gasteiger partial charge in [0, 0.05) is 51.1 Å². The summed E-state index contributed by atoms with van der Waals surface area (Å²) < 4.78 is 41.3. The number of urea groups is 1. The number of amides is 2. The molecular formula is C20H20F3N9O. The Labute approximate surface area is 186 Å². The van der Waals surface area contributed by atoms with Gasteiger partial charge in [0.25, 0.3) is 0 Å². The average Bonchev–Trinajstić information content (AvgIpc) is 3.30. The molecule has 3 N–H and O–H groups in total. The molecule has 1 saturated heterocycles. The first-order valence-electron chi connectivity index (χ1n) is 10.0. The van der Waals surface area contributed by atoms with Gasteiger partial charge in [-0.25, -0.2) is 32.9 Å². The molecule has 4 rings (SSSR count). The maximum Gasteiger partial charge on any atom is 0.341 e. The van der Waals surface area contributed by atoms with Gasteiger partial charge in [0.05, 0.1) is 12.2 Å². The van der Waals surface area contributed by atoms with Crippen molar-refractivity contribution in [3.05, 3.63) is 53.1 Å². The molecule has 3 heterocycles. The van der Waals surface area contributed by atoms with Crippen LogP contribution < -0.4 is 10.7 Å². The Morgan fingerprint density at radius 2 is 1.85 bits per heavy atom. The molecule has 10 nitrogen and oxygen atoms in total. The fourth-order valence-electron chi connectivity index (χ4n) is 3.74. The summed E-state index contributed by atoms with van der Waals surface area (Å²) in [7, 11) is 0. The molecule has 33 heavy (non-hydrogen) atoms. The molecule has 0 bridgehead atoms. The number of piperazine rings is 1. The van der Waals surface area contributed by atoms with E-state index in [-0.39, 0.29) is 23.4 Å². The molecule has 0 aliphatic carbocycles. The van der Waals surface area contributed by atoms with Crippen LogP contribution in [0.1, 0.15) is 23.7 Å². The maximum absolute atomic E-state index is 14.0. The number of benzene rings is 1. The third kappa shape index (κ3) is 4.47. The molecule has 0 saturated carbocycles. The minimum Gasteiger partial charge on any atom is -0.337 e. The number of nitrogens with zero attached hydrogens (tertiary/aromatic N) is 7. The predicted octanol–water partition coefficient (Wildman–Crippen LogP) is 1.88. The van der Waals surface area contributed by atoms with E-state index in [9.17, 15) is 18.0 Å². The summed E-state index contributed by atoms with van der Waals surface area (Å²) >= 11 is 0. The van der Waals surface area contributed by atoms with E-state index in [4.69, 9.17) is 11.3 Å². The van der Waals surface area contributed by atoms with Crippen LogP contribution in [0.15, 0.2) is 34.6 Å². The SMILES string of the molecule is N=C/C(=N\N)c1nc(N2CCN(C(=O)N3N=CC[C@H]3c3cc(F)cc(F)c3)CC2)ncc1F. The van der Waals surface area contributed by atoms with Crippen molar-refractivity contribution >= 4 is 30.1 Å². The van der Waals surface area contributed by atoms with Gasteiger partial charge in [0.1, 0.15) is 23.0 Å². The minimum absolute atomic E-state index is 0.128. The number of hydrogen-bond donors (Lipinski definition) is 2. The molecule has 1 fully saturated rings. The van der Waals surface area contributed by atoms with Gasteiger partial charge in [-0.15, -0.1) is 0 Å². The van der Waals surface area contributed by atoms with Crippen LogP contribution in [0.25, 0.3) is 0 Å². The molecule has 0 spiro atoms. The third-order valence-electron chi connectivity index (χ3n) is 5.38. The first-order chi connectivity index (χ1) is 15.9. The molecule has 2 aromatic rings. The van der Waals surface area contributed by atoms with Crippen LogP contribution in [0.3, 0.4) is 0 Å². The standard InChI is InChI=1S/C20H20F3N9O/c21-13-7-12(8-14(22)9-13)17-1-2-27-32(17)20(33)31-5-3-30(4-6-31)19-26-11-15(23)18(28-19)16(10-24)29-25/h2,7-11,17,24H,1,3-6,25H2/b24-10?,29-16+/t17-/m0/s1. The topological polar surface area (TPSA) is 127 Å². The zero-order valence-electron chi connectivity index (χ0n) is 17.3. The average molecular weight is 459 g/mol. The minimum atomic E-state index is -0.757. The third-order valence-corrected chi connectivity index (χ3v) is 5.38. The molecule has 1 aromatic heterocycles. The fourth-order valence-corrected chi connectivity index (χ4v) is 3.74. The number of halogens is 3. The van der Waals surface area contributed by atoms with Crippen molar-refractivity contribution < 1.29 is 18.0 Å². The van der Waals surface area contributed by atoms with E-state index in [0.29, 0.717) is 38.2 Å². The van der Waals surface area contributed by atoms with Gasteiger partial charge in [-0.05, 0) is 17.7 Å². The second-order valence-corrected chi connectivity index (χ2v) is 7.38. The smallest absolute Gasteiger partial charge is 0.337 e. The molecular weight excluding hydrogens is 439 g/mol. The van der Waals surface area contributed by atoms with Crippen molar-refractivity contribution in [3.8, 4) is 0 Å². The van der Waals surface area contributed by atoms with Gasteiger partial charge >= 0.3 is 6.03 Å². The Hall–Kier alpha value is -4.03. The molecule has 1 aromatic carbocycles. The fraction of sp³-hybridized carbons (Fsp3) is 0.300. The molecule has 13 heteroatoms. The number of nitrogens with two attached hydrogens (primary N) is 1. The Kier molecular flexibility index (Phi) is 6.20. The number of hydrazone groups is 2. The van der Waals surface area contributed by atoms with Crippen LogP contribution in [-0.4, -0.2) is 70.2 Å². The van der Waals surface area contributed by atoms with Crippen molar-refractivity contribution in [1.82, 2.24) is 19.9 Å². The first-order valence-corrected chi connectivity index (χ1v) is 10.0. The zero-order valence-corrected chi connectivity index (χ0v) is 17.3. The molecule has 2 aliphatic rings. The molecule has 172 valence electrons. The molecule has 2 aliphatic heterocycles. The maximum atomic E-state index is 14.0. The summed E-state index contributed by atoms with van der Waals surface area (Å²) in [5, 5.41) is 16.0. The summed E-state index contributed by atoms with van der Waals surface area (Å²) in [4.78, 5) is 24.5. The summed E-state index contributed by atoms with van der Waals surface area (Å²) in [6.07, 6.45) is 3.66. The van der Waals surface area contributed by atoms with E-state index >= 15 is 0 Å². The molecule has 0 radical (unpaired) electrons. The van der Waals surface area contributed by atoms with E-state index in [2.05, 4.69) is 20.2 Å². The normalized spacial score (nSPS) is 18.7. The quantitative estimate of drug-likeness (QED) is 0.410. The van der Waals surface area contributed by atoms with Crippen LogP contribution in [0.5, 0.6) is 0 Å². The van der Waals surface area contributed by atoms with Gasteiger partial charge < -0.3 is 21.1 Å². The molecule has 0 unspecified atom stereocenters. The number of carbonyl (C=O) groups excluding carboxylic acids is 1. The number of rotatable bonds is 4. The highest BCUT2D eigenvalue weighted by Gasteiger charge is 2.34. The van der Waals surface area contributed by atoms with Crippen molar-refractivity contribution in [2.75, 3.05) is 31.1 Å². The lowest BCUT2D eigenvalue weighted by Gasteiger charge is -2.37. The Morgan fingerprint density at radius 1 is 1.15 bits per heavy atom. The number of carbonyl (C=O) groups is 1. The summed E-state index contributed by atoms with van der Waals surface area (Å²) in [5.74, 6) is 3.21.